The van der Waals surface area contributed by atoms with E-state index < -0.39 is 11.6 Å². The number of amides is 2. The van der Waals surface area contributed by atoms with Crippen LogP contribution in [0.1, 0.15) is 40.5 Å². The molecule has 1 aliphatic heterocycles. The fourth-order valence-corrected chi connectivity index (χ4v) is 2.45. The summed E-state index contributed by atoms with van der Waals surface area (Å²) in [5, 5.41) is 2.85. The monoisotopic (exact) mass is 270 g/mol. The molecule has 1 rings (SSSR count). The van der Waals surface area contributed by atoms with Gasteiger partial charge in [0.2, 0.25) is 11.8 Å². The Labute approximate surface area is 115 Å². The molecule has 1 saturated heterocycles. The average Bonchev–Trinajstić information content (AvgIpc) is 2.48. The van der Waals surface area contributed by atoms with Crippen molar-refractivity contribution in [2.75, 3.05) is 20.3 Å². The van der Waals surface area contributed by atoms with Crippen LogP contribution in [0.2, 0.25) is 0 Å². The van der Waals surface area contributed by atoms with E-state index in [1.807, 2.05) is 27.7 Å². The second kappa shape index (κ2) is 6.37. The van der Waals surface area contributed by atoms with Gasteiger partial charge < -0.3 is 15.0 Å². The molecule has 0 bridgehead atoms. The normalized spacial score (nSPS) is 23.0. The van der Waals surface area contributed by atoms with Gasteiger partial charge in [-0.2, -0.15) is 0 Å². The van der Waals surface area contributed by atoms with Gasteiger partial charge in [0, 0.05) is 20.1 Å². The maximum Gasteiger partial charge on any atom is 0.245 e. The van der Waals surface area contributed by atoms with Crippen molar-refractivity contribution in [2.24, 2.45) is 5.92 Å². The fourth-order valence-electron chi connectivity index (χ4n) is 2.45. The van der Waals surface area contributed by atoms with Crippen LogP contribution in [-0.4, -0.2) is 48.6 Å². The summed E-state index contributed by atoms with van der Waals surface area (Å²) >= 11 is 0. The summed E-state index contributed by atoms with van der Waals surface area (Å²) in [7, 11) is 1.62. The number of carbonyl (C=O) groups is 2. The van der Waals surface area contributed by atoms with Crippen LogP contribution < -0.4 is 5.32 Å². The quantitative estimate of drug-likeness (QED) is 0.816. The van der Waals surface area contributed by atoms with E-state index in [0.717, 1.165) is 6.42 Å². The Morgan fingerprint density at radius 1 is 1.47 bits per heavy atom. The summed E-state index contributed by atoms with van der Waals surface area (Å²) in [4.78, 5) is 26.2. The second-order valence-corrected chi connectivity index (χ2v) is 5.92. The second-order valence-electron chi connectivity index (χ2n) is 5.92. The van der Waals surface area contributed by atoms with Crippen LogP contribution in [0.5, 0.6) is 0 Å². The molecule has 0 aromatic carbocycles. The first-order valence-corrected chi connectivity index (χ1v) is 6.93. The molecule has 0 aromatic heterocycles. The number of methoxy groups -OCH3 is 1. The minimum absolute atomic E-state index is 0.00208. The first-order valence-electron chi connectivity index (χ1n) is 6.93. The SMILES string of the molecule is CCC(C)C1NC(=O)CCN(C(C)(C)COC)C1=O. The largest absolute Gasteiger partial charge is 0.382 e. The zero-order chi connectivity index (χ0) is 14.6. The van der Waals surface area contributed by atoms with Gasteiger partial charge in [-0.25, -0.2) is 0 Å². The van der Waals surface area contributed by atoms with Gasteiger partial charge in [-0.1, -0.05) is 20.3 Å². The first kappa shape index (κ1) is 16.0. The third-order valence-electron chi connectivity index (χ3n) is 3.85. The zero-order valence-corrected chi connectivity index (χ0v) is 12.7. The van der Waals surface area contributed by atoms with Crippen molar-refractivity contribution < 1.29 is 14.3 Å². The molecule has 1 aliphatic rings. The molecule has 2 amide bonds. The Kier molecular flexibility index (Phi) is 5.35. The van der Waals surface area contributed by atoms with Crippen molar-refractivity contribution in [2.45, 2.75) is 52.1 Å². The Balaban J connectivity index is 2.98. The molecular weight excluding hydrogens is 244 g/mol. The summed E-state index contributed by atoms with van der Waals surface area (Å²) in [5.41, 5.74) is -0.399. The molecule has 0 saturated carbocycles. The molecule has 1 N–H and O–H groups in total. The third-order valence-corrected chi connectivity index (χ3v) is 3.85. The minimum Gasteiger partial charge on any atom is -0.382 e. The van der Waals surface area contributed by atoms with E-state index in [2.05, 4.69) is 5.32 Å². The standard InChI is InChI=1S/C14H26N2O3/c1-6-10(2)12-13(18)16(8-7-11(17)15-12)14(3,4)9-19-5/h10,12H,6-9H2,1-5H3,(H,15,17). The van der Waals surface area contributed by atoms with Gasteiger partial charge in [-0.15, -0.1) is 0 Å². The van der Waals surface area contributed by atoms with E-state index in [1.54, 1.807) is 12.0 Å². The van der Waals surface area contributed by atoms with Crippen molar-refractivity contribution in [1.82, 2.24) is 10.2 Å². The van der Waals surface area contributed by atoms with E-state index >= 15 is 0 Å². The lowest BCUT2D eigenvalue weighted by atomic mass is 9.95. The predicted octanol–water partition coefficient (Wildman–Crippen LogP) is 1.17. The summed E-state index contributed by atoms with van der Waals surface area (Å²) in [6.45, 7) is 8.87. The van der Waals surface area contributed by atoms with Gasteiger partial charge in [-0.3, -0.25) is 9.59 Å². The molecule has 0 radical (unpaired) electrons. The molecule has 1 heterocycles. The molecular formula is C14H26N2O3. The van der Waals surface area contributed by atoms with Crippen molar-refractivity contribution >= 4 is 11.8 Å². The van der Waals surface area contributed by atoms with Crippen molar-refractivity contribution in [3.63, 3.8) is 0 Å². The lowest BCUT2D eigenvalue weighted by molar-refractivity contribution is -0.141. The van der Waals surface area contributed by atoms with Crippen LogP contribution in [0.3, 0.4) is 0 Å². The van der Waals surface area contributed by atoms with Crippen LogP contribution in [0.15, 0.2) is 0 Å². The van der Waals surface area contributed by atoms with Crippen LogP contribution in [-0.2, 0) is 14.3 Å². The van der Waals surface area contributed by atoms with Gasteiger partial charge in [0.05, 0.1) is 12.1 Å². The third kappa shape index (κ3) is 3.69. The number of hydrogen-bond donors (Lipinski definition) is 1. The van der Waals surface area contributed by atoms with Gasteiger partial charge in [0.1, 0.15) is 6.04 Å². The fraction of sp³-hybridized carbons (Fsp3) is 0.857. The first-order chi connectivity index (χ1) is 8.83. The number of carbonyl (C=O) groups excluding carboxylic acids is 2. The molecule has 0 aliphatic carbocycles. The van der Waals surface area contributed by atoms with Crippen molar-refractivity contribution in [3.8, 4) is 0 Å². The molecule has 19 heavy (non-hydrogen) atoms. The minimum atomic E-state index is -0.420. The maximum atomic E-state index is 12.7. The van der Waals surface area contributed by atoms with Crippen LogP contribution >= 0.6 is 0 Å². The summed E-state index contributed by atoms with van der Waals surface area (Å²) in [5.74, 6) is 0.0898. The van der Waals surface area contributed by atoms with Crippen LogP contribution in [0.4, 0.5) is 0 Å². The van der Waals surface area contributed by atoms with Gasteiger partial charge in [0.25, 0.3) is 0 Å². The Bertz CT molecular complexity index is 342. The summed E-state index contributed by atoms with van der Waals surface area (Å²) in [6, 6.07) is -0.420. The lowest BCUT2D eigenvalue weighted by Crippen LogP contribution is -2.56. The molecule has 110 valence electrons. The van der Waals surface area contributed by atoms with E-state index in [4.69, 9.17) is 4.74 Å². The van der Waals surface area contributed by atoms with Crippen LogP contribution in [0.25, 0.3) is 0 Å². The number of hydrogen-bond acceptors (Lipinski definition) is 3. The highest BCUT2D eigenvalue weighted by Gasteiger charge is 2.39. The van der Waals surface area contributed by atoms with Crippen molar-refractivity contribution in [1.29, 1.82) is 0 Å². The highest BCUT2D eigenvalue weighted by molar-refractivity contribution is 5.90. The molecule has 5 heteroatoms. The van der Waals surface area contributed by atoms with E-state index in [0.29, 0.717) is 19.6 Å². The number of rotatable bonds is 5. The van der Waals surface area contributed by atoms with Gasteiger partial charge >= 0.3 is 0 Å². The highest BCUT2D eigenvalue weighted by Crippen LogP contribution is 2.22. The molecule has 1 fully saturated rings. The summed E-state index contributed by atoms with van der Waals surface area (Å²) in [6.07, 6.45) is 1.21. The van der Waals surface area contributed by atoms with Gasteiger partial charge in [0.15, 0.2) is 0 Å². The smallest absolute Gasteiger partial charge is 0.245 e. The van der Waals surface area contributed by atoms with Crippen LogP contribution in [0, 0.1) is 5.92 Å². The Morgan fingerprint density at radius 3 is 2.63 bits per heavy atom. The average molecular weight is 270 g/mol. The van der Waals surface area contributed by atoms with Crippen molar-refractivity contribution in [3.05, 3.63) is 0 Å². The summed E-state index contributed by atoms with van der Waals surface area (Å²) < 4.78 is 5.20. The predicted molar refractivity (Wildman–Crippen MR) is 73.7 cm³/mol. The van der Waals surface area contributed by atoms with E-state index in [9.17, 15) is 9.59 Å². The van der Waals surface area contributed by atoms with E-state index in [-0.39, 0.29) is 17.7 Å². The highest BCUT2D eigenvalue weighted by atomic mass is 16.5. The van der Waals surface area contributed by atoms with Gasteiger partial charge in [-0.05, 0) is 19.8 Å². The molecule has 0 spiro atoms. The molecule has 2 unspecified atom stereocenters. The van der Waals surface area contributed by atoms with E-state index in [1.165, 1.54) is 0 Å². The maximum absolute atomic E-state index is 12.7. The molecule has 2 atom stereocenters. The molecule has 5 nitrogen and oxygen atoms in total. The number of ether oxygens (including phenoxy) is 1. The Morgan fingerprint density at radius 2 is 2.11 bits per heavy atom. The zero-order valence-electron chi connectivity index (χ0n) is 12.7. The lowest BCUT2D eigenvalue weighted by Gasteiger charge is -2.39. The topological polar surface area (TPSA) is 58.6 Å². The molecule has 0 aromatic rings. The number of nitrogens with zero attached hydrogens (tertiary/aromatic N) is 1. The number of nitrogens with one attached hydrogen (secondary N) is 1. The Hall–Kier alpha value is -1.10.